The van der Waals surface area contributed by atoms with Gasteiger partial charge in [0.2, 0.25) is 5.91 Å². The quantitative estimate of drug-likeness (QED) is 0.892. The summed E-state index contributed by atoms with van der Waals surface area (Å²) in [6.45, 7) is 4.07. The number of benzene rings is 1. The number of amides is 2. The van der Waals surface area contributed by atoms with Gasteiger partial charge >= 0.3 is 0 Å². The van der Waals surface area contributed by atoms with Gasteiger partial charge in [0.25, 0.3) is 5.91 Å². The van der Waals surface area contributed by atoms with E-state index in [1.54, 1.807) is 20.0 Å². The summed E-state index contributed by atoms with van der Waals surface area (Å²) in [5.74, 6) is 1.42. The summed E-state index contributed by atoms with van der Waals surface area (Å²) >= 11 is 0. The average Bonchev–Trinajstić information content (AvgIpc) is 3.26. The maximum absolute atomic E-state index is 12.2. The Morgan fingerprint density at radius 1 is 1.04 bits per heavy atom. The number of rotatable bonds is 3. The van der Waals surface area contributed by atoms with Crippen LogP contribution in [0.2, 0.25) is 0 Å². The molecule has 0 saturated carbocycles. The lowest BCUT2D eigenvalue weighted by atomic mass is 9.89. The molecule has 2 fully saturated rings. The van der Waals surface area contributed by atoms with Gasteiger partial charge in [-0.1, -0.05) is 30.3 Å². The molecule has 3 atom stereocenters. The molecule has 4 rings (SSSR count). The van der Waals surface area contributed by atoms with Gasteiger partial charge in [0.05, 0.1) is 6.04 Å². The molecule has 0 spiro atoms. The van der Waals surface area contributed by atoms with E-state index in [9.17, 15) is 9.59 Å². The van der Waals surface area contributed by atoms with Gasteiger partial charge < -0.3 is 15.1 Å². The van der Waals surface area contributed by atoms with Gasteiger partial charge in [-0.3, -0.25) is 9.59 Å². The third-order valence-corrected chi connectivity index (χ3v) is 5.64. The van der Waals surface area contributed by atoms with Crippen molar-refractivity contribution in [3.05, 3.63) is 53.7 Å². The third-order valence-electron chi connectivity index (χ3n) is 5.64. The highest BCUT2D eigenvalue weighted by Gasteiger charge is 2.48. The number of fused-ring (bicyclic) bond motifs is 1. The normalized spacial score (nSPS) is 24.0. The van der Waals surface area contributed by atoms with E-state index < -0.39 is 0 Å². The van der Waals surface area contributed by atoms with Crippen LogP contribution >= 0.6 is 0 Å². The maximum atomic E-state index is 12.2. The molecular weight excluding hydrogens is 342 g/mol. The van der Waals surface area contributed by atoms with Crippen LogP contribution in [0.1, 0.15) is 29.0 Å². The first-order chi connectivity index (χ1) is 13.1. The van der Waals surface area contributed by atoms with E-state index in [-0.39, 0.29) is 17.9 Å². The van der Waals surface area contributed by atoms with E-state index in [0.717, 1.165) is 25.5 Å². The summed E-state index contributed by atoms with van der Waals surface area (Å²) in [6.07, 6.45) is 0. The van der Waals surface area contributed by atoms with Crippen molar-refractivity contribution >= 4 is 17.6 Å². The molecule has 2 aliphatic rings. The van der Waals surface area contributed by atoms with Gasteiger partial charge in [-0.2, -0.15) is 0 Å². The molecule has 3 heterocycles. The molecule has 27 heavy (non-hydrogen) atoms. The predicted molar refractivity (Wildman–Crippen MR) is 101 cm³/mol. The highest BCUT2D eigenvalue weighted by atomic mass is 16.2. The lowest BCUT2D eigenvalue weighted by Crippen LogP contribution is -2.34. The molecule has 2 amide bonds. The van der Waals surface area contributed by atoms with E-state index in [1.165, 1.54) is 5.56 Å². The van der Waals surface area contributed by atoms with Crippen LogP contribution in [0.4, 0.5) is 5.82 Å². The van der Waals surface area contributed by atoms with E-state index >= 15 is 0 Å². The van der Waals surface area contributed by atoms with E-state index in [4.69, 9.17) is 0 Å². The molecule has 1 aromatic heterocycles. The zero-order chi connectivity index (χ0) is 19.0. The minimum absolute atomic E-state index is 0.0943. The Hall–Kier alpha value is -2.96. The first-order valence-corrected chi connectivity index (χ1v) is 9.21. The van der Waals surface area contributed by atoms with Crippen LogP contribution in [0.3, 0.4) is 0 Å². The summed E-state index contributed by atoms with van der Waals surface area (Å²) in [6, 6.07) is 13.9. The lowest BCUT2D eigenvalue weighted by Gasteiger charge is -2.29. The third kappa shape index (κ3) is 3.13. The fraction of sp³-hybridized carbons (Fsp3) is 0.400. The van der Waals surface area contributed by atoms with Crippen molar-refractivity contribution in [3.8, 4) is 0 Å². The van der Waals surface area contributed by atoms with Gasteiger partial charge in [-0.05, 0) is 17.7 Å². The Morgan fingerprint density at radius 2 is 1.81 bits per heavy atom. The SMILES string of the molecule is CNC(=O)c1ccc(N2C[C@@H]3CN(C(C)=O)[C@H](c4ccccc4)[C@@H]3C2)nn1. The van der Waals surface area contributed by atoms with Gasteiger partial charge in [0, 0.05) is 45.4 Å². The first-order valence-electron chi connectivity index (χ1n) is 9.21. The van der Waals surface area contributed by atoms with Crippen molar-refractivity contribution in [3.63, 3.8) is 0 Å². The number of carbonyl (C=O) groups excluding carboxylic acids is 2. The fourth-order valence-electron chi connectivity index (χ4n) is 4.38. The van der Waals surface area contributed by atoms with Crippen LogP contribution in [0.25, 0.3) is 0 Å². The minimum atomic E-state index is -0.242. The van der Waals surface area contributed by atoms with Crippen LogP contribution in [0.15, 0.2) is 42.5 Å². The van der Waals surface area contributed by atoms with Crippen molar-refractivity contribution in [2.45, 2.75) is 13.0 Å². The van der Waals surface area contributed by atoms with Crippen LogP contribution in [-0.2, 0) is 4.79 Å². The number of anilines is 1. The van der Waals surface area contributed by atoms with Crippen LogP contribution in [0, 0.1) is 11.8 Å². The highest BCUT2D eigenvalue weighted by molar-refractivity contribution is 5.91. The molecular formula is C20H23N5O2. The molecule has 2 aromatic rings. The second-order valence-corrected chi connectivity index (χ2v) is 7.21. The number of hydrogen-bond acceptors (Lipinski definition) is 5. The molecule has 140 valence electrons. The van der Waals surface area contributed by atoms with Crippen molar-refractivity contribution < 1.29 is 9.59 Å². The highest BCUT2D eigenvalue weighted by Crippen LogP contribution is 2.45. The first kappa shape index (κ1) is 17.5. The van der Waals surface area contributed by atoms with Gasteiger partial charge in [0.15, 0.2) is 11.5 Å². The number of hydrogen-bond donors (Lipinski definition) is 1. The van der Waals surface area contributed by atoms with Crippen LogP contribution in [0.5, 0.6) is 0 Å². The Kier molecular flexibility index (Phi) is 4.51. The van der Waals surface area contributed by atoms with Crippen molar-refractivity contribution in [2.75, 3.05) is 31.6 Å². The zero-order valence-electron chi connectivity index (χ0n) is 15.5. The lowest BCUT2D eigenvalue weighted by molar-refractivity contribution is -0.130. The molecule has 0 bridgehead atoms. The topological polar surface area (TPSA) is 78.4 Å². The van der Waals surface area contributed by atoms with Crippen LogP contribution in [-0.4, -0.2) is 53.6 Å². The predicted octanol–water partition coefficient (Wildman–Crippen LogP) is 1.49. The molecule has 7 nitrogen and oxygen atoms in total. The summed E-state index contributed by atoms with van der Waals surface area (Å²) in [5.41, 5.74) is 1.49. The second-order valence-electron chi connectivity index (χ2n) is 7.21. The van der Waals surface area contributed by atoms with Crippen molar-refractivity contribution in [2.24, 2.45) is 11.8 Å². The number of nitrogens with one attached hydrogen (secondary N) is 1. The summed E-state index contributed by atoms with van der Waals surface area (Å²) < 4.78 is 0. The van der Waals surface area contributed by atoms with Crippen LogP contribution < -0.4 is 10.2 Å². The molecule has 1 N–H and O–H groups in total. The molecule has 2 saturated heterocycles. The second kappa shape index (κ2) is 6.98. The number of nitrogens with zero attached hydrogens (tertiary/aromatic N) is 4. The monoisotopic (exact) mass is 365 g/mol. The summed E-state index contributed by atoms with van der Waals surface area (Å²) in [5, 5.41) is 10.8. The maximum Gasteiger partial charge on any atom is 0.271 e. The van der Waals surface area contributed by atoms with E-state index in [1.807, 2.05) is 29.2 Å². The zero-order valence-corrected chi connectivity index (χ0v) is 15.5. The molecule has 0 unspecified atom stereocenters. The average molecular weight is 365 g/mol. The number of likely N-dealkylation sites (tertiary alicyclic amines) is 1. The Labute approximate surface area is 158 Å². The van der Waals surface area contributed by atoms with Crippen molar-refractivity contribution in [1.29, 1.82) is 0 Å². The van der Waals surface area contributed by atoms with E-state index in [0.29, 0.717) is 17.5 Å². The molecule has 1 aromatic carbocycles. The number of aromatic nitrogens is 2. The van der Waals surface area contributed by atoms with Gasteiger partial charge in [0.1, 0.15) is 0 Å². The molecule has 7 heteroatoms. The Bertz CT molecular complexity index is 839. The molecule has 0 radical (unpaired) electrons. The van der Waals surface area contributed by atoms with Crippen molar-refractivity contribution in [1.82, 2.24) is 20.4 Å². The fourth-order valence-corrected chi connectivity index (χ4v) is 4.38. The van der Waals surface area contributed by atoms with Gasteiger partial charge in [-0.15, -0.1) is 10.2 Å². The summed E-state index contributed by atoms with van der Waals surface area (Å²) in [7, 11) is 1.57. The largest absolute Gasteiger partial charge is 0.354 e. The molecule has 0 aliphatic carbocycles. The minimum Gasteiger partial charge on any atom is -0.354 e. The Balaban J connectivity index is 1.56. The number of carbonyl (C=O) groups is 2. The van der Waals surface area contributed by atoms with E-state index in [2.05, 4.69) is 32.5 Å². The Morgan fingerprint density at radius 3 is 2.44 bits per heavy atom. The summed E-state index contributed by atoms with van der Waals surface area (Å²) in [4.78, 5) is 28.0. The molecule has 2 aliphatic heterocycles. The van der Waals surface area contributed by atoms with Gasteiger partial charge in [-0.25, -0.2) is 0 Å². The standard InChI is InChI=1S/C20H23N5O2/c1-13(26)25-11-15-10-24(18-9-8-17(22-23-18)20(27)21-2)12-16(15)19(25)14-6-4-3-5-7-14/h3-9,15-16,19H,10-12H2,1-2H3,(H,21,27)/t15-,16-,19-/m1/s1. The smallest absolute Gasteiger partial charge is 0.271 e.